The van der Waals surface area contributed by atoms with E-state index < -0.39 is 74.9 Å². The predicted molar refractivity (Wildman–Crippen MR) is 101 cm³/mol. The Morgan fingerprint density at radius 3 is 2.25 bits per heavy atom. The van der Waals surface area contributed by atoms with E-state index >= 15 is 0 Å². The standard InChI is InChI=1S/C21H15F7N2O2/c1-8(19(31)29-9(2)11-4-3-10(22)7-13(11)24)15-17(21(26,27)28)16-14(30-20(15)32)6-5-12(23)18(16)25/h3-9H,1-2H3,(H,29,31)(H,30,32)/t8-,9+/m1/s1. The van der Waals surface area contributed by atoms with Crippen molar-refractivity contribution in [1.29, 1.82) is 0 Å². The highest BCUT2D eigenvalue weighted by molar-refractivity contribution is 5.89. The molecule has 0 spiro atoms. The Bertz CT molecular complexity index is 1270. The van der Waals surface area contributed by atoms with E-state index in [9.17, 15) is 40.3 Å². The van der Waals surface area contributed by atoms with Crippen LogP contribution in [0.15, 0.2) is 35.1 Å². The van der Waals surface area contributed by atoms with Gasteiger partial charge in [0.2, 0.25) is 5.91 Å². The van der Waals surface area contributed by atoms with Gasteiger partial charge in [-0.2, -0.15) is 13.2 Å². The van der Waals surface area contributed by atoms with Crippen LogP contribution in [-0.2, 0) is 11.0 Å². The Morgan fingerprint density at radius 2 is 1.66 bits per heavy atom. The van der Waals surface area contributed by atoms with E-state index in [0.717, 1.165) is 25.1 Å². The Kier molecular flexibility index (Phi) is 6.03. The first-order valence-electron chi connectivity index (χ1n) is 9.19. The Balaban J connectivity index is 2.10. The molecule has 2 N–H and O–H groups in total. The van der Waals surface area contributed by atoms with Crippen molar-refractivity contribution in [3.05, 3.63) is 80.6 Å². The molecule has 2 atom stereocenters. The molecule has 1 heterocycles. The lowest BCUT2D eigenvalue weighted by Crippen LogP contribution is -2.35. The topological polar surface area (TPSA) is 62.0 Å². The SMILES string of the molecule is C[C@H](NC(=O)[C@H](C)c1c(C(F)(F)F)c2c(F)c(F)ccc2[nH]c1=O)c1ccc(F)cc1F. The number of alkyl halides is 3. The smallest absolute Gasteiger partial charge is 0.349 e. The monoisotopic (exact) mass is 460 g/mol. The van der Waals surface area contributed by atoms with Crippen molar-refractivity contribution in [3.63, 3.8) is 0 Å². The van der Waals surface area contributed by atoms with Gasteiger partial charge in [0.05, 0.1) is 23.0 Å². The van der Waals surface area contributed by atoms with Gasteiger partial charge in [0.15, 0.2) is 11.6 Å². The number of nitrogens with one attached hydrogen (secondary N) is 2. The molecule has 0 aliphatic heterocycles. The highest BCUT2D eigenvalue weighted by Gasteiger charge is 2.41. The summed E-state index contributed by atoms with van der Waals surface area (Å²) in [5, 5.41) is 1.03. The van der Waals surface area contributed by atoms with E-state index in [2.05, 4.69) is 5.32 Å². The lowest BCUT2D eigenvalue weighted by Gasteiger charge is -2.22. The summed E-state index contributed by atoms with van der Waals surface area (Å²) < 4.78 is 96.5. The van der Waals surface area contributed by atoms with E-state index in [1.807, 2.05) is 4.98 Å². The third-order valence-corrected chi connectivity index (χ3v) is 5.00. The van der Waals surface area contributed by atoms with Crippen molar-refractivity contribution in [2.45, 2.75) is 32.0 Å². The predicted octanol–water partition coefficient (Wildman–Crippen LogP) is 5.08. The molecular weight excluding hydrogens is 445 g/mol. The van der Waals surface area contributed by atoms with Crippen LogP contribution in [0.4, 0.5) is 30.7 Å². The van der Waals surface area contributed by atoms with Crippen molar-refractivity contribution in [2.24, 2.45) is 0 Å². The molecule has 0 saturated carbocycles. The molecule has 0 radical (unpaired) electrons. The fourth-order valence-electron chi connectivity index (χ4n) is 3.44. The summed E-state index contributed by atoms with van der Waals surface area (Å²) in [6.45, 7) is 2.26. The van der Waals surface area contributed by atoms with Crippen LogP contribution in [0.2, 0.25) is 0 Å². The van der Waals surface area contributed by atoms with Crippen molar-refractivity contribution in [2.75, 3.05) is 0 Å². The number of carbonyl (C=O) groups is 1. The van der Waals surface area contributed by atoms with Gasteiger partial charge in [0, 0.05) is 22.6 Å². The number of amides is 1. The van der Waals surface area contributed by atoms with Crippen molar-refractivity contribution in [1.82, 2.24) is 10.3 Å². The minimum atomic E-state index is -5.31. The van der Waals surface area contributed by atoms with Gasteiger partial charge in [0.1, 0.15) is 11.6 Å². The van der Waals surface area contributed by atoms with Crippen molar-refractivity contribution >= 4 is 16.8 Å². The first kappa shape index (κ1) is 23.3. The van der Waals surface area contributed by atoms with Crippen LogP contribution in [0.25, 0.3) is 10.9 Å². The lowest BCUT2D eigenvalue weighted by atomic mass is 9.92. The third kappa shape index (κ3) is 4.19. The number of benzene rings is 2. The summed E-state index contributed by atoms with van der Waals surface area (Å²) in [5.41, 5.74) is -4.97. The number of carbonyl (C=O) groups excluding carboxylic acids is 1. The van der Waals surface area contributed by atoms with Crippen LogP contribution in [0.5, 0.6) is 0 Å². The zero-order valence-corrected chi connectivity index (χ0v) is 16.5. The van der Waals surface area contributed by atoms with Gasteiger partial charge < -0.3 is 10.3 Å². The van der Waals surface area contributed by atoms with Crippen LogP contribution >= 0.6 is 0 Å². The number of pyridine rings is 1. The summed E-state index contributed by atoms with van der Waals surface area (Å²) in [6, 6.07) is 2.77. The normalized spacial score (nSPS) is 13.8. The van der Waals surface area contributed by atoms with Gasteiger partial charge in [0.25, 0.3) is 5.56 Å². The molecule has 0 aliphatic carbocycles. The third-order valence-electron chi connectivity index (χ3n) is 5.00. The van der Waals surface area contributed by atoms with Crippen molar-refractivity contribution in [3.8, 4) is 0 Å². The van der Waals surface area contributed by atoms with Gasteiger partial charge in [-0.05, 0) is 32.0 Å². The maximum atomic E-state index is 14.3. The first-order chi connectivity index (χ1) is 14.8. The molecule has 0 bridgehead atoms. The van der Waals surface area contributed by atoms with Crippen molar-refractivity contribution < 1.29 is 35.5 Å². The fourth-order valence-corrected chi connectivity index (χ4v) is 3.44. The average molecular weight is 460 g/mol. The first-order valence-corrected chi connectivity index (χ1v) is 9.19. The Labute approximate surface area is 176 Å². The zero-order valence-electron chi connectivity index (χ0n) is 16.5. The molecule has 0 fully saturated rings. The largest absolute Gasteiger partial charge is 0.417 e. The van der Waals surface area contributed by atoms with Gasteiger partial charge in [-0.15, -0.1) is 0 Å². The minimum Gasteiger partial charge on any atom is -0.349 e. The van der Waals surface area contributed by atoms with E-state index in [1.54, 1.807) is 0 Å². The molecule has 0 unspecified atom stereocenters. The second-order valence-electron chi connectivity index (χ2n) is 7.14. The second kappa shape index (κ2) is 8.29. The number of hydrogen-bond acceptors (Lipinski definition) is 2. The Hall–Kier alpha value is -3.37. The molecule has 1 amide bonds. The molecule has 3 aromatic rings. The second-order valence-corrected chi connectivity index (χ2v) is 7.14. The maximum absolute atomic E-state index is 14.3. The summed E-state index contributed by atoms with van der Waals surface area (Å²) in [5.74, 6) is -8.17. The lowest BCUT2D eigenvalue weighted by molar-refractivity contribution is -0.137. The van der Waals surface area contributed by atoms with Crippen LogP contribution < -0.4 is 10.9 Å². The van der Waals surface area contributed by atoms with E-state index in [4.69, 9.17) is 0 Å². The summed E-state index contributed by atoms with van der Waals surface area (Å²) in [6.07, 6.45) is -5.31. The highest BCUT2D eigenvalue weighted by Crippen LogP contribution is 2.39. The van der Waals surface area contributed by atoms with Crippen LogP contribution in [0, 0.1) is 23.3 Å². The summed E-state index contributed by atoms with van der Waals surface area (Å²) in [4.78, 5) is 27.1. The van der Waals surface area contributed by atoms with Crippen LogP contribution in [0.1, 0.15) is 42.5 Å². The summed E-state index contributed by atoms with van der Waals surface area (Å²) >= 11 is 0. The number of aromatic nitrogens is 1. The van der Waals surface area contributed by atoms with Gasteiger partial charge in [-0.1, -0.05) is 6.07 Å². The molecule has 2 aromatic carbocycles. The van der Waals surface area contributed by atoms with Crippen LogP contribution in [0.3, 0.4) is 0 Å². The average Bonchev–Trinajstić information content (AvgIpc) is 2.68. The molecule has 3 rings (SSSR count). The molecular formula is C21H15F7N2O2. The van der Waals surface area contributed by atoms with Gasteiger partial charge in [-0.3, -0.25) is 9.59 Å². The molecule has 11 heteroatoms. The quantitative estimate of drug-likeness (QED) is 0.534. The number of fused-ring (bicyclic) bond motifs is 1. The fraction of sp³-hybridized carbons (Fsp3) is 0.238. The molecule has 32 heavy (non-hydrogen) atoms. The summed E-state index contributed by atoms with van der Waals surface area (Å²) in [7, 11) is 0. The minimum absolute atomic E-state index is 0.150. The van der Waals surface area contributed by atoms with Gasteiger partial charge >= 0.3 is 6.18 Å². The molecule has 1 aromatic heterocycles. The number of H-pyrrole nitrogens is 1. The maximum Gasteiger partial charge on any atom is 0.417 e. The zero-order chi connectivity index (χ0) is 24.0. The van der Waals surface area contributed by atoms with E-state index in [1.165, 1.54) is 6.92 Å². The van der Waals surface area contributed by atoms with E-state index in [-0.39, 0.29) is 5.56 Å². The Morgan fingerprint density at radius 1 is 1.00 bits per heavy atom. The number of hydrogen-bond donors (Lipinski definition) is 2. The molecule has 4 nitrogen and oxygen atoms in total. The van der Waals surface area contributed by atoms with Crippen LogP contribution in [-0.4, -0.2) is 10.9 Å². The molecule has 0 aliphatic rings. The number of rotatable bonds is 4. The highest BCUT2D eigenvalue weighted by atomic mass is 19.4. The number of aromatic amines is 1. The van der Waals surface area contributed by atoms with Gasteiger partial charge in [-0.25, -0.2) is 17.6 Å². The molecule has 170 valence electrons. The molecule has 0 saturated heterocycles. The van der Waals surface area contributed by atoms with E-state index in [0.29, 0.717) is 12.1 Å². The number of halogens is 7.